The molecule has 2 aromatic rings. The average molecular weight is 331 g/mol. The number of nitrogens with zero attached hydrogens (tertiary/aromatic N) is 2. The third kappa shape index (κ3) is 3.20. The molecule has 0 N–H and O–H groups in total. The summed E-state index contributed by atoms with van der Waals surface area (Å²) in [4.78, 5) is 9.17. The molecule has 2 rings (SSSR count). The smallest absolute Gasteiger partial charge is 0.171 e. The van der Waals surface area contributed by atoms with E-state index in [9.17, 15) is 0 Å². The lowest BCUT2D eigenvalue weighted by atomic mass is 10.3. The Morgan fingerprint density at radius 2 is 2.18 bits per heavy atom. The second kappa shape index (κ2) is 6.16. The van der Waals surface area contributed by atoms with E-state index in [4.69, 9.17) is 0 Å². The van der Waals surface area contributed by atoms with Gasteiger partial charge in [0.2, 0.25) is 0 Å². The summed E-state index contributed by atoms with van der Waals surface area (Å²) >= 11 is 7.14. The van der Waals surface area contributed by atoms with Crippen molar-refractivity contribution in [1.82, 2.24) is 9.97 Å². The third-order valence-corrected chi connectivity index (χ3v) is 5.35. The second-order valence-corrected chi connectivity index (χ2v) is 7.00. The van der Waals surface area contributed by atoms with Crippen molar-refractivity contribution in [3.63, 3.8) is 0 Å². The van der Waals surface area contributed by atoms with Crippen LogP contribution in [0.4, 0.5) is 0 Å². The Morgan fingerprint density at radius 1 is 1.35 bits per heavy atom. The maximum absolute atomic E-state index is 4.58. The van der Waals surface area contributed by atoms with Gasteiger partial charge in [-0.1, -0.05) is 32.0 Å². The van der Waals surface area contributed by atoms with E-state index < -0.39 is 0 Å². The van der Waals surface area contributed by atoms with Crippen LogP contribution in [0.1, 0.15) is 32.4 Å². The Morgan fingerprint density at radius 3 is 2.88 bits per heavy atom. The van der Waals surface area contributed by atoms with Crippen LogP contribution in [0.15, 0.2) is 14.9 Å². The Labute approximate surface area is 118 Å². The molecular weight excluding hydrogens is 316 g/mol. The maximum Gasteiger partial charge on any atom is 0.171 e. The number of hydrogen-bond acceptors (Lipinski definition) is 4. The van der Waals surface area contributed by atoms with E-state index in [1.165, 1.54) is 17.5 Å². The first-order chi connectivity index (χ1) is 8.24. The predicted molar refractivity (Wildman–Crippen MR) is 80.1 cm³/mol. The molecule has 5 heteroatoms. The van der Waals surface area contributed by atoms with Gasteiger partial charge in [-0.3, -0.25) is 0 Å². The van der Waals surface area contributed by atoms with Crippen molar-refractivity contribution in [2.45, 2.75) is 37.4 Å². The lowest BCUT2D eigenvalue weighted by Crippen LogP contribution is -1.89. The van der Waals surface area contributed by atoms with Crippen molar-refractivity contribution in [3.05, 3.63) is 16.2 Å². The summed E-state index contributed by atoms with van der Waals surface area (Å²) in [5.41, 5.74) is 1.99. The molecule has 0 radical (unpaired) electrons. The molecule has 0 aliphatic rings. The number of thioether (sulfide) groups is 1. The number of aromatic nitrogens is 2. The summed E-state index contributed by atoms with van der Waals surface area (Å²) in [6, 6.07) is 2.14. The van der Waals surface area contributed by atoms with Crippen molar-refractivity contribution in [1.29, 1.82) is 0 Å². The normalized spacial score (nSPS) is 11.2. The van der Waals surface area contributed by atoms with Crippen molar-refractivity contribution in [2.24, 2.45) is 0 Å². The summed E-state index contributed by atoms with van der Waals surface area (Å²) in [6.07, 6.45) is 3.42. The lowest BCUT2D eigenvalue weighted by Gasteiger charge is -1.98. The lowest BCUT2D eigenvalue weighted by molar-refractivity contribution is 0.896. The van der Waals surface area contributed by atoms with Crippen molar-refractivity contribution in [2.75, 3.05) is 5.75 Å². The van der Waals surface area contributed by atoms with E-state index in [1.807, 2.05) is 11.8 Å². The number of hydrogen-bond donors (Lipinski definition) is 0. The first-order valence-electron chi connectivity index (χ1n) is 5.83. The molecule has 0 aromatic carbocycles. The number of pyridine rings is 1. The van der Waals surface area contributed by atoms with Crippen LogP contribution in [-0.2, 0) is 6.42 Å². The Kier molecular flexibility index (Phi) is 4.82. The quantitative estimate of drug-likeness (QED) is 0.575. The summed E-state index contributed by atoms with van der Waals surface area (Å²) in [5, 5.41) is 0. The topological polar surface area (TPSA) is 25.8 Å². The van der Waals surface area contributed by atoms with Crippen LogP contribution in [-0.4, -0.2) is 15.7 Å². The van der Waals surface area contributed by atoms with Crippen LogP contribution in [0.25, 0.3) is 10.3 Å². The first kappa shape index (κ1) is 13.3. The Bertz CT molecular complexity index is 510. The van der Waals surface area contributed by atoms with E-state index >= 15 is 0 Å². The van der Waals surface area contributed by atoms with E-state index in [1.54, 1.807) is 11.3 Å². The molecule has 0 fully saturated rings. The van der Waals surface area contributed by atoms with Crippen molar-refractivity contribution < 1.29 is 0 Å². The predicted octanol–water partition coefficient (Wildman–Crippen LogP) is 4.91. The molecule has 0 amide bonds. The molecule has 0 saturated heterocycles. The largest absolute Gasteiger partial charge is 0.231 e. The van der Waals surface area contributed by atoms with Crippen LogP contribution in [0.3, 0.4) is 0 Å². The molecule has 0 aliphatic carbocycles. The number of thiazole rings is 1. The van der Waals surface area contributed by atoms with Gasteiger partial charge in [-0.2, -0.15) is 0 Å². The molecule has 0 saturated carbocycles. The van der Waals surface area contributed by atoms with Gasteiger partial charge in [0.1, 0.15) is 0 Å². The molecule has 2 heterocycles. The highest BCUT2D eigenvalue weighted by Crippen LogP contribution is 2.31. The molecular formula is C12H15BrN2S2. The minimum absolute atomic E-state index is 0.897. The molecule has 92 valence electrons. The Balaban J connectivity index is 2.24. The standard InChI is InChI=1S/C12H15BrN2S2/c1-3-5-6-16-12-15-11-10(17-12)7-8(13)9(4-2)14-11/h7H,3-6H2,1-2H3. The first-order valence-corrected chi connectivity index (χ1v) is 8.42. The van der Waals surface area contributed by atoms with Gasteiger partial charge in [0.05, 0.1) is 10.4 Å². The second-order valence-electron chi connectivity index (χ2n) is 3.77. The van der Waals surface area contributed by atoms with Crippen LogP contribution >= 0.6 is 39.0 Å². The van der Waals surface area contributed by atoms with Gasteiger partial charge >= 0.3 is 0 Å². The van der Waals surface area contributed by atoms with Crippen LogP contribution in [0.2, 0.25) is 0 Å². The van der Waals surface area contributed by atoms with E-state index in [0.29, 0.717) is 0 Å². The fourth-order valence-corrected chi connectivity index (χ4v) is 4.41. The van der Waals surface area contributed by atoms with Gasteiger partial charge in [-0.25, -0.2) is 9.97 Å². The highest BCUT2D eigenvalue weighted by atomic mass is 79.9. The summed E-state index contributed by atoms with van der Waals surface area (Å²) in [6.45, 7) is 4.33. The van der Waals surface area contributed by atoms with Gasteiger partial charge in [0.15, 0.2) is 9.99 Å². The highest BCUT2D eigenvalue weighted by molar-refractivity contribution is 9.10. The molecule has 0 bridgehead atoms. The molecule has 2 aromatic heterocycles. The number of aryl methyl sites for hydroxylation is 1. The van der Waals surface area contributed by atoms with Gasteiger partial charge in [0, 0.05) is 10.2 Å². The van der Waals surface area contributed by atoms with Crippen molar-refractivity contribution >= 4 is 49.4 Å². The molecule has 2 nitrogen and oxygen atoms in total. The maximum atomic E-state index is 4.58. The number of halogens is 1. The van der Waals surface area contributed by atoms with E-state index in [0.717, 1.165) is 32.3 Å². The minimum Gasteiger partial charge on any atom is -0.231 e. The summed E-state index contributed by atoms with van der Waals surface area (Å²) in [7, 11) is 0. The molecule has 0 unspecified atom stereocenters. The summed E-state index contributed by atoms with van der Waals surface area (Å²) in [5.74, 6) is 1.15. The zero-order valence-electron chi connectivity index (χ0n) is 9.99. The van der Waals surface area contributed by atoms with Gasteiger partial charge in [0.25, 0.3) is 0 Å². The van der Waals surface area contributed by atoms with E-state index in [-0.39, 0.29) is 0 Å². The number of fused-ring (bicyclic) bond motifs is 1. The zero-order valence-corrected chi connectivity index (χ0v) is 13.2. The fourth-order valence-electron chi connectivity index (χ4n) is 1.47. The average Bonchev–Trinajstić information content (AvgIpc) is 2.70. The van der Waals surface area contributed by atoms with Crippen LogP contribution in [0.5, 0.6) is 0 Å². The Hall–Kier alpha value is -0.130. The zero-order chi connectivity index (χ0) is 12.3. The fraction of sp³-hybridized carbons (Fsp3) is 0.500. The molecule has 0 aliphatic heterocycles. The van der Waals surface area contributed by atoms with E-state index in [2.05, 4.69) is 45.8 Å². The van der Waals surface area contributed by atoms with Crippen LogP contribution < -0.4 is 0 Å². The number of rotatable bonds is 5. The van der Waals surface area contributed by atoms with Gasteiger partial charge in [-0.05, 0) is 34.8 Å². The van der Waals surface area contributed by atoms with Gasteiger partial charge in [-0.15, -0.1) is 11.3 Å². The monoisotopic (exact) mass is 330 g/mol. The molecule has 0 spiro atoms. The number of unbranched alkanes of at least 4 members (excludes halogenated alkanes) is 1. The summed E-state index contributed by atoms with van der Waals surface area (Å²) < 4.78 is 3.41. The van der Waals surface area contributed by atoms with Crippen LogP contribution in [0, 0.1) is 0 Å². The highest BCUT2D eigenvalue weighted by Gasteiger charge is 2.09. The SMILES string of the molecule is CCCCSc1nc2nc(CC)c(Br)cc2s1. The van der Waals surface area contributed by atoms with Gasteiger partial charge < -0.3 is 0 Å². The third-order valence-electron chi connectivity index (χ3n) is 2.45. The van der Waals surface area contributed by atoms with Crippen molar-refractivity contribution in [3.8, 4) is 0 Å². The minimum atomic E-state index is 0.897. The molecule has 0 atom stereocenters. The molecule has 17 heavy (non-hydrogen) atoms.